The van der Waals surface area contributed by atoms with E-state index < -0.39 is 5.97 Å². The molecular formula is C9H15NO4. The second-order valence-corrected chi connectivity index (χ2v) is 3.50. The molecule has 1 atom stereocenters. The number of likely N-dealkylation sites (tertiary alicyclic amines) is 1. The fourth-order valence-electron chi connectivity index (χ4n) is 1.69. The predicted molar refractivity (Wildman–Crippen MR) is 49.0 cm³/mol. The van der Waals surface area contributed by atoms with E-state index in [0.717, 1.165) is 6.42 Å². The van der Waals surface area contributed by atoms with E-state index >= 15 is 0 Å². The molecule has 1 aliphatic rings. The summed E-state index contributed by atoms with van der Waals surface area (Å²) < 4.78 is 4.58. The highest BCUT2D eigenvalue weighted by atomic mass is 16.5. The molecule has 14 heavy (non-hydrogen) atoms. The number of carboxylic acids is 1. The van der Waals surface area contributed by atoms with E-state index in [1.807, 2.05) is 0 Å². The first-order valence-corrected chi connectivity index (χ1v) is 4.68. The minimum atomic E-state index is -0.776. The lowest BCUT2D eigenvalue weighted by Crippen LogP contribution is -2.28. The number of hydrogen-bond acceptors (Lipinski definition) is 3. The maximum Gasteiger partial charge on any atom is 0.409 e. The topological polar surface area (TPSA) is 66.8 Å². The average Bonchev–Trinajstić information content (AvgIpc) is 2.62. The maximum absolute atomic E-state index is 11.1. The van der Waals surface area contributed by atoms with Crippen molar-refractivity contribution in [2.75, 3.05) is 20.2 Å². The molecule has 0 aromatic carbocycles. The number of nitrogens with zero attached hydrogens (tertiary/aromatic N) is 1. The molecule has 0 aliphatic carbocycles. The van der Waals surface area contributed by atoms with Crippen molar-refractivity contribution in [3.63, 3.8) is 0 Å². The number of amides is 1. The lowest BCUT2D eigenvalue weighted by molar-refractivity contribution is -0.137. The number of carbonyl (C=O) groups excluding carboxylic acids is 1. The van der Waals surface area contributed by atoms with Crippen LogP contribution in [0.4, 0.5) is 4.79 Å². The van der Waals surface area contributed by atoms with Crippen molar-refractivity contribution in [3.8, 4) is 0 Å². The molecule has 0 aromatic heterocycles. The Balaban J connectivity index is 2.27. The zero-order valence-corrected chi connectivity index (χ0v) is 8.23. The van der Waals surface area contributed by atoms with Crippen molar-refractivity contribution in [1.82, 2.24) is 4.90 Å². The number of hydrogen-bond donors (Lipinski definition) is 1. The molecule has 1 saturated heterocycles. The van der Waals surface area contributed by atoms with Gasteiger partial charge in [-0.25, -0.2) is 4.79 Å². The van der Waals surface area contributed by atoms with Gasteiger partial charge in [-0.05, 0) is 18.8 Å². The van der Waals surface area contributed by atoms with Crippen molar-refractivity contribution in [2.45, 2.75) is 19.3 Å². The van der Waals surface area contributed by atoms with Crippen LogP contribution in [-0.2, 0) is 9.53 Å². The Labute approximate surface area is 82.6 Å². The summed E-state index contributed by atoms with van der Waals surface area (Å²) >= 11 is 0. The van der Waals surface area contributed by atoms with E-state index in [9.17, 15) is 9.59 Å². The highest BCUT2D eigenvalue weighted by molar-refractivity contribution is 5.68. The summed E-state index contributed by atoms with van der Waals surface area (Å²) in [5.41, 5.74) is 0. The molecule has 1 N–H and O–H groups in total. The second-order valence-electron chi connectivity index (χ2n) is 3.50. The molecule has 1 aliphatic heterocycles. The van der Waals surface area contributed by atoms with E-state index in [0.29, 0.717) is 25.4 Å². The van der Waals surface area contributed by atoms with E-state index in [-0.39, 0.29) is 12.5 Å². The number of carboxylic acid groups (broad SMARTS) is 1. The van der Waals surface area contributed by atoms with Crippen LogP contribution in [0.1, 0.15) is 19.3 Å². The Kier molecular flexibility index (Phi) is 3.73. The quantitative estimate of drug-likeness (QED) is 0.737. The van der Waals surface area contributed by atoms with Crippen molar-refractivity contribution in [2.24, 2.45) is 5.92 Å². The molecule has 5 nitrogen and oxygen atoms in total. The smallest absolute Gasteiger partial charge is 0.409 e. The lowest BCUT2D eigenvalue weighted by atomic mass is 10.0. The van der Waals surface area contributed by atoms with E-state index in [2.05, 4.69) is 4.74 Å². The van der Waals surface area contributed by atoms with E-state index in [1.54, 1.807) is 4.90 Å². The highest BCUT2D eigenvalue weighted by Gasteiger charge is 2.26. The molecule has 0 aromatic rings. The zero-order valence-electron chi connectivity index (χ0n) is 8.23. The van der Waals surface area contributed by atoms with E-state index in [4.69, 9.17) is 5.11 Å². The average molecular weight is 201 g/mol. The zero-order chi connectivity index (χ0) is 10.6. The Morgan fingerprint density at radius 3 is 2.86 bits per heavy atom. The van der Waals surface area contributed by atoms with Gasteiger partial charge in [0.25, 0.3) is 0 Å². The monoisotopic (exact) mass is 201 g/mol. The van der Waals surface area contributed by atoms with Crippen LogP contribution in [0.25, 0.3) is 0 Å². The fraction of sp³-hybridized carbons (Fsp3) is 0.778. The minimum absolute atomic E-state index is 0.180. The number of rotatable bonds is 3. The van der Waals surface area contributed by atoms with Crippen LogP contribution in [0.15, 0.2) is 0 Å². The lowest BCUT2D eigenvalue weighted by Gasteiger charge is -2.13. The van der Waals surface area contributed by atoms with Gasteiger partial charge in [0.05, 0.1) is 7.11 Å². The van der Waals surface area contributed by atoms with Crippen LogP contribution in [-0.4, -0.2) is 42.3 Å². The Bertz CT molecular complexity index is 229. The SMILES string of the molecule is COC(=O)N1CCC(CCC(=O)O)C1. The van der Waals surface area contributed by atoms with Gasteiger partial charge in [0.15, 0.2) is 0 Å². The first kappa shape index (κ1) is 10.8. The first-order chi connectivity index (χ1) is 6.63. The summed E-state index contributed by atoms with van der Waals surface area (Å²) in [4.78, 5) is 23.0. The molecular weight excluding hydrogens is 186 g/mol. The second kappa shape index (κ2) is 4.83. The molecule has 5 heteroatoms. The van der Waals surface area contributed by atoms with Crippen molar-refractivity contribution in [3.05, 3.63) is 0 Å². The first-order valence-electron chi connectivity index (χ1n) is 4.68. The highest BCUT2D eigenvalue weighted by Crippen LogP contribution is 2.21. The van der Waals surface area contributed by atoms with Crippen LogP contribution in [0.3, 0.4) is 0 Å². The molecule has 1 rings (SSSR count). The van der Waals surface area contributed by atoms with Crippen molar-refractivity contribution in [1.29, 1.82) is 0 Å². The van der Waals surface area contributed by atoms with Crippen LogP contribution in [0.2, 0.25) is 0 Å². The van der Waals surface area contributed by atoms with Gasteiger partial charge in [-0.1, -0.05) is 0 Å². The molecule has 1 amide bonds. The van der Waals surface area contributed by atoms with Gasteiger partial charge in [0, 0.05) is 19.5 Å². The number of aliphatic carboxylic acids is 1. The normalized spacial score (nSPS) is 20.9. The molecule has 80 valence electrons. The van der Waals surface area contributed by atoms with Crippen molar-refractivity contribution >= 4 is 12.1 Å². The molecule has 0 radical (unpaired) electrons. The Morgan fingerprint density at radius 2 is 2.29 bits per heavy atom. The van der Waals surface area contributed by atoms with Gasteiger partial charge in [-0.3, -0.25) is 4.79 Å². The third kappa shape index (κ3) is 2.90. The molecule has 0 saturated carbocycles. The summed E-state index contributed by atoms with van der Waals surface area (Å²) in [5, 5.41) is 8.49. The van der Waals surface area contributed by atoms with Gasteiger partial charge in [0.1, 0.15) is 0 Å². The summed E-state index contributed by atoms with van der Waals surface area (Å²) in [6, 6.07) is 0. The summed E-state index contributed by atoms with van der Waals surface area (Å²) in [7, 11) is 1.35. The van der Waals surface area contributed by atoms with E-state index in [1.165, 1.54) is 7.11 Å². The Morgan fingerprint density at radius 1 is 1.57 bits per heavy atom. The van der Waals surface area contributed by atoms with Gasteiger partial charge < -0.3 is 14.7 Å². The van der Waals surface area contributed by atoms with Crippen LogP contribution in [0, 0.1) is 5.92 Å². The standard InChI is InChI=1S/C9H15NO4/c1-14-9(13)10-5-4-7(6-10)2-3-8(11)12/h7H,2-6H2,1H3,(H,11,12). The largest absolute Gasteiger partial charge is 0.481 e. The summed E-state index contributed by atoms with van der Waals surface area (Å²) in [6.45, 7) is 1.30. The molecule has 1 heterocycles. The molecule has 0 bridgehead atoms. The van der Waals surface area contributed by atoms with Crippen LogP contribution >= 0.6 is 0 Å². The minimum Gasteiger partial charge on any atom is -0.481 e. The van der Waals surface area contributed by atoms with Gasteiger partial charge in [-0.2, -0.15) is 0 Å². The van der Waals surface area contributed by atoms with Gasteiger partial charge >= 0.3 is 12.1 Å². The molecule has 1 unspecified atom stereocenters. The predicted octanol–water partition coefficient (Wildman–Crippen LogP) is 0.940. The summed E-state index contributed by atoms with van der Waals surface area (Å²) in [6.07, 6.45) is 1.38. The van der Waals surface area contributed by atoms with Crippen molar-refractivity contribution < 1.29 is 19.4 Å². The number of carbonyl (C=O) groups is 2. The van der Waals surface area contributed by atoms with Gasteiger partial charge in [0.2, 0.25) is 0 Å². The number of methoxy groups -OCH3 is 1. The Hall–Kier alpha value is -1.26. The third-order valence-corrected chi connectivity index (χ3v) is 2.49. The van der Waals surface area contributed by atoms with Crippen LogP contribution in [0.5, 0.6) is 0 Å². The molecule has 0 spiro atoms. The maximum atomic E-state index is 11.1. The summed E-state index contributed by atoms with van der Waals surface area (Å²) in [5.74, 6) is -0.466. The number of ether oxygens (including phenoxy) is 1. The fourth-order valence-corrected chi connectivity index (χ4v) is 1.69. The molecule has 1 fully saturated rings. The van der Waals surface area contributed by atoms with Gasteiger partial charge in [-0.15, -0.1) is 0 Å². The third-order valence-electron chi connectivity index (χ3n) is 2.49. The van der Waals surface area contributed by atoms with Crippen LogP contribution < -0.4 is 0 Å².